The molecule has 1 aliphatic carbocycles. The minimum Gasteiger partial charge on any atom is -0.494 e. The van der Waals surface area contributed by atoms with Gasteiger partial charge in [-0.05, 0) is 60.8 Å². The maximum absolute atomic E-state index is 12.8. The summed E-state index contributed by atoms with van der Waals surface area (Å²) >= 11 is 6.24. The molecule has 1 fully saturated rings. The smallest absolute Gasteiger partial charge is 0.406 e. The zero-order valence-electron chi connectivity index (χ0n) is 25.1. The van der Waals surface area contributed by atoms with Crippen LogP contribution in [0.3, 0.4) is 0 Å². The van der Waals surface area contributed by atoms with E-state index in [2.05, 4.69) is 34.5 Å². The number of unbranched alkanes of at least 4 members (excludes halogenated alkanes) is 1. The van der Waals surface area contributed by atoms with Crippen LogP contribution in [0.1, 0.15) is 86.4 Å². The van der Waals surface area contributed by atoms with Gasteiger partial charge < -0.3 is 30.2 Å². The standard InChI is InChI=1S/C25H34ClN3O5.C7H14/c1-4-5-12-33-22-16-19(14-20(17-22)24(30)28-10-9-27-2)23(18-7-6-8-21(26)15-18)34-13-11-29-25(31)32-3;1-7-5-3-2-4-6-7/h6-8,14-17,23,27H,4-5,9-13H2,1-3H3,(H,28,30)(H,29,31);7H,2-6H2,1H3. The minimum atomic E-state index is -0.533. The highest BCUT2D eigenvalue weighted by Crippen LogP contribution is 2.31. The summed E-state index contributed by atoms with van der Waals surface area (Å²) in [6.45, 7) is 6.63. The first-order chi connectivity index (χ1) is 19.9. The molecule has 2 aromatic rings. The van der Waals surface area contributed by atoms with Gasteiger partial charge in [-0.2, -0.15) is 0 Å². The third kappa shape index (κ3) is 13.6. The van der Waals surface area contributed by atoms with Gasteiger partial charge in [-0.1, -0.05) is 76.1 Å². The highest BCUT2D eigenvalue weighted by atomic mass is 35.5. The Morgan fingerprint density at radius 3 is 2.39 bits per heavy atom. The number of hydrogen-bond donors (Lipinski definition) is 3. The molecule has 3 rings (SSSR count). The Hall–Kier alpha value is -2.81. The van der Waals surface area contributed by atoms with Crippen molar-refractivity contribution in [2.45, 2.75) is 64.9 Å². The van der Waals surface area contributed by atoms with Crippen molar-refractivity contribution in [3.8, 4) is 5.75 Å². The van der Waals surface area contributed by atoms with Crippen LogP contribution in [0.4, 0.5) is 4.79 Å². The van der Waals surface area contributed by atoms with Crippen molar-refractivity contribution in [3.05, 3.63) is 64.2 Å². The van der Waals surface area contributed by atoms with Gasteiger partial charge in [-0.15, -0.1) is 0 Å². The number of halogens is 1. The Labute approximate surface area is 250 Å². The average Bonchev–Trinajstić information content (AvgIpc) is 2.97. The van der Waals surface area contributed by atoms with Crippen LogP contribution in [-0.2, 0) is 9.47 Å². The van der Waals surface area contributed by atoms with Gasteiger partial charge in [0.05, 0.1) is 20.3 Å². The number of ether oxygens (including phenoxy) is 3. The molecule has 1 unspecified atom stereocenters. The van der Waals surface area contributed by atoms with E-state index >= 15 is 0 Å². The summed E-state index contributed by atoms with van der Waals surface area (Å²) in [5.41, 5.74) is 2.04. The number of carbonyl (C=O) groups excluding carboxylic acids is 2. The highest BCUT2D eigenvalue weighted by Gasteiger charge is 2.20. The number of amides is 2. The highest BCUT2D eigenvalue weighted by molar-refractivity contribution is 6.30. The van der Waals surface area contributed by atoms with Gasteiger partial charge in [0.2, 0.25) is 0 Å². The number of rotatable bonds is 14. The molecule has 0 saturated heterocycles. The molecule has 0 heterocycles. The number of likely N-dealkylation sites (N-methyl/N-ethyl adjacent to an activating group) is 1. The maximum atomic E-state index is 12.8. The van der Waals surface area contributed by atoms with Crippen molar-refractivity contribution in [1.29, 1.82) is 0 Å². The van der Waals surface area contributed by atoms with E-state index in [0.717, 1.165) is 29.9 Å². The number of nitrogens with one attached hydrogen (secondary N) is 3. The van der Waals surface area contributed by atoms with Crippen molar-refractivity contribution in [2.24, 2.45) is 5.92 Å². The predicted octanol–water partition coefficient (Wildman–Crippen LogP) is 6.52. The molecule has 0 aromatic heterocycles. The maximum Gasteiger partial charge on any atom is 0.406 e. The Morgan fingerprint density at radius 1 is 0.976 bits per heavy atom. The van der Waals surface area contributed by atoms with E-state index in [1.165, 1.54) is 39.2 Å². The molecular formula is C32H48ClN3O5. The first kappa shape index (κ1) is 34.4. The molecule has 0 spiro atoms. The summed E-state index contributed by atoms with van der Waals surface area (Å²) in [5, 5.41) is 9.07. The molecule has 1 atom stereocenters. The first-order valence-electron chi connectivity index (χ1n) is 14.8. The lowest BCUT2D eigenvalue weighted by Gasteiger charge is -2.21. The molecule has 0 radical (unpaired) electrons. The largest absolute Gasteiger partial charge is 0.494 e. The van der Waals surface area contributed by atoms with Crippen molar-refractivity contribution >= 4 is 23.6 Å². The Morgan fingerprint density at radius 2 is 1.76 bits per heavy atom. The van der Waals surface area contributed by atoms with Gasteiger partial charge in [0, 0.05) is 30.2 Å². The fourth-order valence-corrected chi connectivity index (χ4v) is 4.69. The summed E-state index contributed by atoms with van der Waals surface area (Å²) in [7, 11) is 3.13. The normalized spacial score (nSPS) is 13.9. The molecule has 0 aliphatic heterocycles. The zero-order valence-corrected chi connectivity index (χ0v) is 25.9. The van der Waals surface area contributed by atoms with Gasteiger partial charge in [0.15, 0.2) is 0 Å². The Kier molecular flexibility index (Phi) is 16.9. The quantitative estimate of drug-likeness (QED) is 0.217. The summed E-state index contributed by atoms with van der Waals surface area (Å²) in [6, 6.07) is 12.8. The molecule has 9 heteroatoms. The fraction of sp³-hybridized carbons (Fsp3) is 0.562. The van der Waals surface area contributed by atoms with Crippen LogP contribution in [0.5, 0.6) is 5.75 Å². The molecule has 2 amide bonds. The fourth-order valence-electron chi connectivity index (χ4n) is 4.49. The van der Waals surface area contributed by atoms with Crippen molar-refractivity contribution < 1.29 is 23.8 Å². The molecule has 8 nitrogen and oxygen atoms in total. The second-order valence-electron chi connectivity index (χ2n) is 10.3. The number of benzene rings is 2. The SMILES string of the molecule is CC1CCCCC1.CCCCOc1cc(C(=O)NCCNC)cc(C(OCCNC(=O)OC)c2cccc(Cl)c2)c1. The van der Waals surface area contributed by atoms with Crippen LogP contribution in [0.25, 0.3) is 0 Å². The van der Waals surface area contributed by atoms with E-state index in [1.54, 1.807) is 18.2 Å². The molecule has 2 aromatic carbocycles. The van der Waals surface area contributed by atoms with Crippen LogP contribution < -0.4 is 20.7 Å². The Bertz CT molecular complexity index is 1050. The van der Waals surface area contributed by atoms with E-state index < -0.39 is 12.2 Å². The van der Waals surface area contributed by atoms with Crippen LogP contribution in [0.15, 0.2) is 42.5 Å². The van der Waals surface area contributed by atoms with Gasteiger partial charge in [0.25, 0.3) is 5.91 Å². The second-order valence-corrected chi connectivity index (χ2v) is 10.8. The lowest BCUT2D eigenvalue weighted by atomic mass is 9.91. The van der Waals surface area contributed by atoms with Crippen LogP contribution >= 0.6 is 11.6 Å². The van der Waals surface area contributed by atoms with E-state index in [0.29, 0.717) is 36.0 Å². The summed E-state index contributed by atoms with van der Waals surface area (Å²) in [6.07, 6.45) is 8.28. The Balaban J connectivity index is 0.000000729. The van der Waals surface area contributed by atoms with Gasteiger partial charge in [-0.25, -0.2) is 4.79 Å². The molecule has 228 valence electrons. The molecule has 3 N–H and O–H groups in total. The predicted molar refractivity (Wildman–Crippen MR) is 165 cm³/mol. The number of methoxy groups -OCH3 is 1. The first-order valence-corrected chi connectivity index (χ1v) is 15.1. The van der Waals surface area contributed by atoms with E-state index in [1.807, 2.05) is 31.3 Å². The zero-order chi connectivity index (χ0) is 29.9. The molecular weight excluding hydrogens is 542 g/mol. The van der Waals surface area contributed by atoms with Crippen molar-refractivity contribution in [3.63, 3.8) is 0 Å². The van der Waals surface area contributed by atoms with Gasteiger partial charge >= 0.3 is 6.09 Å². The van der Waals surface area contributed by atoms with Gasteiger partial charge in [0.1, 0.15) is 11.9 Å². The average molecular weight is 590 g/mol. The lowest BCUT2D eigenvalue weighted by molar-refractivity contribution is 0.0802. The minimum absolute atomic E-state index is 0.199. The second kappa shape index (κ2) is 20.1. The van der Waals surface area contributed by atoms with Gasteiger partial charge in [-0.3, -0.25) is 4.79 Å². The van der Waals surface area contributed by atoms with Crippen LogP contribution in [0, 0.1) is 5.92 Å². The van der Waals surface area contributed by atoms with E-state index in [-0.39, 0.29) is 19.1 Å². The molecule has 1 saturated carbocycles. The monoisotopic (exact) mass is 589 g/mol. The van der Waals surface area contributed by atoms with E-state index in [4.69, 9.17) is 21.1 Å². The van der Waals surface area contributed by atoms with Crippen molar-refractivity contribution in [1.82, 2.24) is 16.0 Å². The summed E-state index contributed by atoms with van der Waals surface area (Å²) < 4.78 is 16.7. The third-order valence-electron chi connectivity index (χ3n) is 6.81. The lowest BCUT2D eigenvalue weighted by Crippen LogP contribution is -2.30. The van der Waals surface area contributed by atoms with Crippen LogP contribution in [0.2, 0.25) is 5.02 Å². The number of carbonyl (C=O) groups is 2. The van der Waals surface area contributed by atoms with E-state index in [9.17, 15) is 9.59 Å². The summed E-state index contributed by atoms with van der Waals surface area (Å²) in [4.78, 5) is 24.2. The molecule has 0 bridgehead atoms. The molecule has 41 heavy (non-hydrogen) atoms. The summed E-state index contributed by atoms with van der Waals surface area (Å²) in [5.74, 6) is 1.43. The van der Waals surface area contributed by atoms with Crippen molar-refractivity contribution in [2.75, 3.05) is 47.0 Å². The third-order valence-corrected chi connectivity index (χ3v) is 7.04. The topological polar surface area (TPSA) is 97.9 Å². The number of alkyl carbamates (subject to hydrolysis) is 1. The van der Waals surface area contributed by atoms with Crippen LogP contribution in [-0.4, -0.2) is 59.0 Å². The molecule has 1 aliphatic rings. The number of hydrogen-bond acceptors (Lipinski definition) is 6.